The van der Waals surface area contributed by atoms with Gasteiger partial charge in [-0.15, -0.1) is 0 Å². The number of amides is 1. The Morgan fingerprint density at radius 2 is 1.79 bits per heavy atom. The van der Waals surface area contributed by atoms with Crippen LogP contribution in [0.3, 0.4) is 0 Å². The third kappa shape index (κ3) is 4.14. The van der Waals surface area contributed by atoms with Crippen LogP contribution < -0.4 is 0 Å². The second kappa shape index (κ2) is 6.93. The van der Waals surface area contributed by atoms with Crippen LogP contribution in [-0.4, -0.2) is 49.6 Å². The standard InChI is InChI=1S/C17H23NO5S/c1-13(19)23-17(2,3)16(20)18-10-9-15(24(21,22)12-11-18)14-7-5-4-6-8-14/h4-8,15H,9-12H2,1-3H3. The molecule has 132 valence electrons. The Balaban J connectivity index is 2.19. The number of esters is 1. The molecule has 1 aliphatic heterocycles. The van der Waals surface area contributed by atoms with Crippen LogP contribution in [0.1, 0.15) is 38.0 Å². The molecule has 1 aliphatic rings. The van der Waals surface area contributed by atoms with Gasteiger partial charge in [0.15, 0.2) is 15.4 Å². The summed E-state index contributed by atoms with van der Waals surface area (Å²) < 4.78 is 30.2. The summed E-state index contributed by atoms with van der Waals surface area (Å²) in [6.45, 7) is 4.69. The van der Waals surface area contributed by atoms with Crippen molar-refractivity contribution in [3.63, 3.8) is 0 Å². The van der Waals surface area contributed by atoms with Crippen LogP contribution >= 0.6 is 0 Å². The first-order chi connectivity index (χ1) is 11.1. The molecule has 2 rings (SSSR count). The lowest BCUT2D eigenvalue weighted by molar-refractivity contribution is -0.168. The van der Waals surface area contributed by atoms with Crippen molar-refractivity contribution < 1.29 is 22.7 Å². The van der Waals surface area contributed by atoms with Crippen molar-refractivity contribution in [3.8, 4) is 0 Å². The summed E-state index contributed by atoms with van der Waals surface area (Å²) in [5.41, 5.74) is -0.562. The van der Waals surface area contributed by atoms with Gasteiger partial charge in [-0.3, -0.25) is 9.59 Å². The number of hydrogen-bond acceptors (Lipinski definition) is 5. The van der Waals surface area contributed by atoms with Crippen molar-refractivity contribution in [2.75, 3.05) is 18.8 Å². The third-order valence-electron chi connectivity index (χ3n) is 4.11. The fraction of sp³-hybridized carbons (Fsp3) is 0.529. The van der Waals surface area contributed by atoms with E-state index < -0.39 is 26.7 Å². The molecule has 1 fully saturated rings. The SMILES string of the molecule is CC(=O)OC(C)(C)C(=O)N1CCC(c2ccccc2)S(=O)(=O)CC1. The van der Waals surface area contributed by atoms with Gasteiger partial charge in [0.05, 0.1) is 11.0 Å². The molecule has 0 aromatic heterocycles. The van der Waals surface area contributed by atoms with E-state index in [0.29, 0.717) is 13.0 Å². The Hall–Kier alpha value is -1.89. The highest BCUT2D eigenvalue weighted by molar-refractivity contribution is 7.91. The lowest BCUT2D eigenvalue weighted by atomic mass is 10.1. The van der Waals surface area contributed by atoms with Gasteiger partial charge in [0, 0.05) is 20.0 Å². The molecule has 7 heteroatoms. The van der Waals surface area contributed by atoms with Crippen molar-refractivity contribution in [1.82, 2.24) is 4.90 Å². The summed E-state index contributed by atoms with van der Waals surface area (Å²) in [4.78, 5) is 25.3. The highest BCUT2D eigenvalue weighted by atomic mass is 32.2. The van der Waals surface area contributed by atoms with Crippen LogP contribution in [-0.2, 0) is 24.2 Å². The molecule has 1 unspecified atom stereocenters. The van der Waals surface area contributed by atoms with E-state index in [4.69, 9.17) is 4.74 Å². The monoisotopic (exact) mass is 353 g/mol. The van der Waals surface area contributed by atoms with E-state index in [1.165, 1.54) is 25.7 Å². The Bertz CT molecular complexity index is 712. The zero-order valence-corrected chi connectivity index (χ0v) is 15.0. The molecule has 24 heavy (non-hydrogen) atoms. The second-order valence-electron chi connectivity index (χ2n) is 6.45. The van der Waals surface area contributed by atoms with Gasteiger partial charge in [-0.1, -0.05) is 30.3 Å². The lowest BCUT2D eigenvalue weighted by Gasteiger charge is -2.30. The third-order valence-corrected chi connectivity index (χ3v) is 6.24. The van der Waals surface area contributed by atoms with Crippen molar-refractivity contribution in [1.29, 1.82) is 0 Å². The van der Waals surface area contributed by atoms with Gasteiger partial charge in [-0.2, -0.15) is 0 Å². The summed E-state index contributed by atoms with van der Waals surface area (Å²) in [6.07, 6.45) is 0.328. The van der Waals surface area contributed by atoms with E-state index in [9.17, 15) is 18.0 Å². The number of carbonyl (C=O) groups excluding carboxylic acids is 2. The first kappa shape index (κ1) is 18.4. The smallest absolute Gasteiger partial charge is 0.303 e. The molecule has 1 aromatic carbocycles. The highest BCUT2D eigenvalue weighted by Crippen LogP contribution is 2.30. The van der Waals surface area contributed by atoms with Gasteiger partial charge in [-0.05, 0) is 25.8 Å². The number of ether oxygens (including phenoxy) is 1. The molecule has 1 aromatic rings. The number of nitrogens with zero attached hydrogens (tertiary/aromatic N) is 1. The van der Waals surface area contributed by atoms with Crippen LogP contribution in [0.25, 0.3) is 0 Å². The Kier molecular flexibility index (Phi) is 5.32. The molecule has 0 bridgehead atoms. The van der Waals surface area contributed by atoms with Crippen LogP contribution in [0.5, 0.6) is 0 Å². The minimum atomic E-state index is -3.35. The molecule has 6 nitrogen and oxygen atoms in total. The second-order valence-corrected chi connectivity index (χ2v) is 8.75. The summed E-state index contributed by atoms with van der Waals surface area (Å²) in [5.74, 6) is -1.02. The van der Waals surface area contributed by atoms with Gasteiger partial charge >= 0.3 is 5.97 Å². The van der Waals surface area contributed by atoms with E-state index in [0.717, 1.165) is 5.56 Å². The number of benzene rings is 1. The lowest BCUT2D eigenvalue weighted by Crippen LogP contribution is -2.48. The maximum absolute atomic E-state index is 12.6. The fourth-order valence-electron chi connectivity index (χ4n) is 2.97. The summed E-state index contributed by atoms with van der Waals surface area (Å²) in [5, 5.41) is -0.617. The average Bonchev–Trinajstić information content (AvgIpc) is 2.64. The van der Waals surface area contributed by atoms with Crippen molar-refractivity contribution in [3.05, 3.63) is 35.9 Å². The minimum absolute atomic E-state index is 0.103. The molecule has 1 atom stereocenters. The van der Waals surface area contributed by atoms with Crippen molar-refractivity contribution >= 4 is 21.7 Å². The van der Waals surface area contributed by atoms with Gasteiger partial charge in [0.1, 0.15) is 0 Å². The maximum atomic E-state index is 12.6. The van der Waals surface area contributed by atoms with Crippen LogP contribution in [0.2, 0.25) is 0 Å². The zero-order chi connectivity index (χ0) is 18.0. The number of rotatable bonds is 3. The topological polar surface area (TPSA) is 80.8 Å². The quantitative estimate of drug-likeness (QED) is 0.773. The first-order valence-corrected chi connectivity index (χ1v) is 9.60. The van der Waals surface area contributed by atoms with Gasteiger partial charge in [0.25, 0.3) is 5.91 Å². The summed E-state index contributed by atoms with van der Waals surface area (Å²) in [6, 6.07) is 9.04. The Morgan fingerprint density at radius 1 is 1.17 bits per heavy atom. The molecular weight excluding hydrogens is 330 g/mol. The maximum Gasteiger partial charge on any atom is 0.303 e. The van der Waals surface area contributed by atoms with Gasteiger partial charge < -0.3 is 9.64 Å². The zero-order valence-electron chi connectivity index (χ0n) is 14.2. The highest BCUT2D eigenvalue weighted by Gasteiger charge is 2.39. The van der Waals surface area contributed by atoms with Crippen LogP contribution in [0.15, 0.2) is 30.3 Å². The number of sulfone groups is 1. The summed E-state index contributed by atoms with van der Waals surface area (Å²) in [7, 11) is -3.35. The fourth-order valence-corrected chi connectivity index (χ4v) is 4.77. The van der Waals surface area contributed by atoms with Crippen molar-refractivity contribution in [2.45, 2.75) is 38.0 Å². The molecule has 1 saturated heterocycles. The normalized spacial score (nSPS) is 21.0. The average molecular weight is 353 g/mol. The molecule has 0 aliphatic carbocycles. The van der Waals surface area contributed by atoms with Crippen molar-refractivity contribution in [2.24, 2.45) is 0 Å². The van der Waals surface area contributed by atoms with Crippen LogP contribution in [0, 0.1) is 0 Å². The molecule has 0 saturated carbocycles. The molecule has 0 N–H and O–H groups in total. The molecule has 0 radical (unpaired) electrons. The predicted molar refractivity (Wildman–Crippen MR) is 90.0 cm³/mol. The largest absolute Gasteiger partial charge is 0.450 e. The van der Waals surface area contributed by atoms with Gasteiger partial charge in [-0.25, -0.2) is 8.42 Å². The van der Waals surface area contributed by atoms with E-state index in [1.54, 1.807) is 12.1 Å². The molecule has 1 heterocycles. The molecular formula is C17H23NO5S. The van der Waals surface area contributed by atoms with Gasteiger partial charge in [0.2, 0.25) is 0 Å². The van der Waals surface area contributed by atoms with Crippen LogP contribution in [0.4, 0.5) is 0 Å². The summed E-state index contributed by atoms with van der Waals surface area (Å²) >= 11 is 0. The van der Waals surface area contributed by atoms with E-state index in [1.807, 2.05) is 18.2 Å². The van der Waals surface area contributed by atoms with E-state index in [2.05, 4.69) is 0 Å². The number of hydrogen-bond donors (Lipinski definition) is 0. The molecule has 0 spiro atoms. The number of carbonyl (C=O) groups is 2. The van der Waals surface area contributed by atoms with E-state index in [-0.39, 0.29) is 18.2 Å². The van der Waals surface area contributed by atoms with E-state index >= 15 is 0 Å². The minimum Gasteiger partial charge on any atom is -0.450 e. The Morgan fingerprint density at radius 3 is 2.38 bits per heavy atom. The predicted octanol–water partition coefficient (Wildman–Crippen LogP) is 1.72. The Labute approximate surface area is 142 Å². The first-order valence-electron chi connectivity index (χ1n) is 7.89. The molecule has 1 amide bonds.